The van der Waals surface area contributed by atoms with E-state index in [1.807, 2.05) is 30.3 Å². The molecule has 0 aliphatic rings. The molecule has 0 aromatic heterocycles. The van der Waals surface area contributed by atoms with Crippen molar-refractivity contribution in [3.8, 4) is 11.5 Å². The van der Waals surface area contributed by atoms with Gasteiger partial charge < -0.3 is 14.8 Å². The van der Waals surface area contributed by atoms with Gasteiger partial charge >= 0.3 is 0 Å². The van der Waals surface area contributed by atoms with Crippen LogP contribution < -0.4 is 14.8 Å². The molecule has 0 heterocycles. The quantitative estimate of drug-likeness (QED) is 0.899. The summed E-state index contributed by atoms with van der Waals surface area (Å²) in [5.74, 6) is 1.16. The van der Waals surface area contributed by atoms with Gasteiger partial charge in [0.15, 0.2) is 0 Å². The summed E-state index contributed by atoms with van der Waals surface area (Å²) in [4.78, 5) is 12.2. The summed E-state index contributed by atoms with van der Waals surface area (Å²) in [5.41, 5.74) is 1.51. The molecule has 2 aromatic rings. The van der Waals surface area contributed by atoms with Crippen LogP contribution in [0.5, 0.6) is 11.5 Å². The SMILES string of the molecule is COc1ccc(CNC(=O)c2ccc(Br)cc2OC)cc1. The zero-order valence-corrected chi connectivity index (χ0v) is 13.4. The van der Waals surface area contributed by atoms with Gasteiger partial charge in [-0.25, -0.2) is 0 Å². The Kier molecular flexibility index (Phi) is 5.22. The number of carbonyl (C=O) groups excluding carboxylic acids is 1. The van der Waals surface area contributed by atoms with Crippen LogP contribution in [0.15, 0.2) is 46.9 Å². The molecule has 0 bridgehead atoms. The third-order valence-corrected chi connectivity index (χ3v) is 3.51. The molecular weight excluding hydrogens is 334 g/mol. The van der Waals surface area contributed by atoms with Gasteiger partial charge in [0.1, 0.15) is 11.5 Å². The largest absolute Gasteiger partial charge is 0.497 e. The first-order valence-electron chi connectivity index (χ1n) is 6.38. The number of hydrogen-bond acceptors (Lipinski definition) is 3. The topological polar surface area (TPSA) is 47.6 Å². The van der Waals surface area contributed by atoms with Crippen molar-refractivity contribution in [1.29, 1.82) is 0 Å². The molecule has 110 valence electrons. The highest BCUT2D eigenvalue weighted by atomic mass is 79.9. The minimum Gasteiger partial charge on any atom is -0.497 e. The fourth-order valence-corrected chi connectivity index (χ4v) is 2.21. The van der Waals surface area contributed by atoms with Crippen molar-refractivity contribution in [3.05, 3.63) is 58.1 Å². The smallest absolute Gasteiger partial charge is 0.255 e. The van der Waals surface area contributed by atoms with Crippen LogP contribution in [0.1, 0.15) is 15.9 Å². The van der Waals surface area contributed by atoms with Gasteiger partial charge in [-0.3, -0.25) is 4.79 Å². The van der Waals surface area contributed by atoms with Crippen LogP contribution >= 0.6 is 15.9 Å². The van der Waals surface area contributed by atoms with Crippen LogP contribution in [0.2, 0.25) is 0 Å². The summed E-state index contributed by atoms with van der Waals surface area (Å²) in [6.45, 7) is 0.446. The van der Waals surface area contributed by atoms with Gasteiger partial charge in [0, 0.05) is 11.0 Å². The van der Waals surface area contributed by atoms with Crippen molar-refractivity contribution in [2.45, 2.75) is 6.54 Å². The lowest BCUT2D eigenvalue weighted by atomic mass is 10.1. The zero-order valence-electron chi connectivity index (χ0n) is 11.9. The van der Waals surface area contributed by atoms with Crippen molar-refractivity contribution < 1.29 is 14.3 Å². The van der Waals surface area contributed by atoms with E-state index in [0.717, 1.165) is 15.8 Å². The van der Waals surface area contributed by atoms with Gasteiger partial charge in [-0.05, 0) is 35.9 Å². The molecule has 0 saturated heterocycles. The summed E-state index contributed by atoms with van der Waals surface area (Å²) in [6.07, 6.45) is 0. The number of nitrogens with one attached hydrogen (secondary N) is 1. The molecule has 4 nitrogen and oxygen atoms in total. The Bertz CT molecular complexity index is 626. The Morgan fingerprint density at radius 1 is 1.10 bits per heavy atom. The third kappa shape index (κ3) is 3.98. The molecule has 0 aliphatic carbocycles. The highest BCUT2D eigenvalue weighted by molar-refractivity contribution is 9.10. The summed E-state index contributed by atoms with van der Waals surface area (Å²) < 4.78 is 11.2. The highest BCUT2D eigenvalue weighted by Gasteiger charge is 2.12. The molecule has 0 fully saturated rings. The Morgan fingerprint density at radius 2 is 1.81 bits per heavy atom. The van der Waals surface area contributed by atoms with E-state index in [4.69, 9.17) is 9.47 Å². The number of carbonyl (C=O) groups is 1. The maximum Gasteiger partial charge on any atom is 0.255 e. The standard InChI is InChI=1S/C16H16BrNO3/c1-20-13-6-3-11(4-7-13)10-18-16(19)14-8-5-12(17)9-15(14)21-2/h3-9H,10H2,1-2H3,(H,18,19). The number of rotatable bonds is 5. The molecule has 2 rings (SSSR count). The fraction of sp³-hybridized carbons (Fsp3) is 0.188. The van der Waals surface area contributed by atoms with E-state index in [9.17, 15) is 4.79 Å². The Balaban J connectivity index is 2.04. The van der Waals surface area contributed by atoms with Gasteiger partial charge in [0.25, 0.3) is 5.91 Å². The monoisotopic (exact) mass is 349 g/mol. The molecular formula is C16H16BrNO3. The van der Waals surface area contributed by atoms with Crippen molar-refractivity contribution in [3.63, 3.8) is 0 Å². The Labute approximate surface area is 132 Å². The number of methoxy groups -OCH3 is 2. The second-order valence-corrected chi connectivity index (χ2v) is 5.29. The fourth-order valence-electron chi connectivity index (χ4n) is 1.87. The average molecular weight is 350 g/mol. The van der Waals surface area contributed by atoms with Crippen LogP contribution in [-0.4, -0.2) is 20.1 Å². The minimum absolute atomic E-state index is 0.171. The Morgan fingerprint density at radius 3 is 2.43 bits per heavy atom. The van der Waals surface area contributed by atoms with Crippen LogP contribution in [0.25, 0.3) is 0 Å². The van der Waals surface area contributed by atoms with Gasteiger partial charge in [0.2, 0.25) is 0 Å². The number of benzene rings is 2. The average Bonchev–Trinajstić information content (AvgIpc) is 2.52. The van der Waals surface area contributed by atoms with E-state index in [2.05, 4.69) is 21.2 Å². The van der Waals surface area contributed by atoms with Crippen LogP contribution in [0, 0.1) is 0 Å². The molecule has 1 amide bonds. The number of hydrogen-bond donors (Lipinski definition) is 1. The van der Waals surface area contributed by atoms with E-state index in [0.29, 0.717) is 17.9 Å². The van der Waals surface area contributed by atoms with Crippen molar-refractivity contribution in [1.82, 2.24) is 5.32 Å². The van der Waals surface area contributed by atoms with Crippen LogP contribution in [0.4, 0.5) is 0 Å². The third-order valence-electron chi connectivity index (χ3n) is 3.02. The van der Waals surface area contributed by atoms with E-state index in [1.165, 1.54) is 0 Å². The van der Waals surface area contributed by atoms with Crippen molar-refractivity contribution >= 4 is 21.8 Å². The molecule has 21 heavy (non-hydrogen) atoms. The summed E-state index contributed by atoms with van der Waals surface area (Å²) in [7, 11) is 3.17. The van der Waals surface area contributed by atoms with Gasteiger partial charge in [-0.2, -0.15) is 0 Å². The maximum absolute atomic E-state index is 12.2. The molecule has 2 aromatic carbocycles. The zero-order chi connectivity index (χ0) is 15.2. The second-order valence-electron chi connectivity index (χ2n) is 4.38. The van der Waals surface area contributed by atoms with E-state index in [-0.39, 0.29) is 5.91 Å². The first kappa shape index (κ1) is 15.4. The first-order chi connectivity index (χ1) is 10.1. The molecule has 0 unspecified atom stereocenters. The molecule has 0 aliphatic heterocycles. The maximum atomic E-state index is 12.2. The lowest BCUT2D eigenvalue weighted by molar-refractivity contribution is 0.0948. The van der Waals surface area contributed by atoms with Crippen molar-refractivity contribution in [2.75, 3.05) is 14.2 Å². The van der Waals surface area contributed by atoms with Gasteiger partial charge in [-0.15, -0.1) is 0 Å². The molecule has 0 spiro atoms. The number of amides is 1. The number of ether oxygens (including phenoxy) is 2. The molecule has 1 N–H and O–H groups in total. The highest BCUT2D eigenvalue weighted by Crippen LogP contribution is 2.23. The predicted octanol–water partition coefficient (Wildman–Crippen LogP) is 3.40. The second kappa shape index (κ2) is 7.13. The van der Waals surface area contributed by atoms with E-state index in [1.54, 1.807) is 26.4 Å². The Hall–Kier alpha value is -2.01. The van der Waals surface area contributed by atoms with Gasteiger partial charge in [-0.1, -0.05) is 28.1 Å². The van der Waals surface area contributed by atoms with Crippen LogP contribution in [0.3, 0.4) is 0 Å². The number of halogens is 1. The lowest BCUT2D eigenvalue weighted by Gasteiger charge is -2.10. The molecule has 0 atom stereocenters. The minimum atomic E-state index is -0.171. The first-order valence-corrected chi connectivity index (χ1v) is 7.18. The molecule has 0 radical (unpaired) electrons. The van der Waals surface area contributed by atoms with Crippen LogP contribution in [-0.2, 0) is 6.54 Å². The normalized spacial score (nSPS) is 10.0. The van der Waals surface area contributed by atoms with Crippen molar-refractivity contribution in [2.24, 2.45) is 0 Å². The lowest BCUT2D eigenvalue weighted by Crippen LogP contribution is -2.23. The summed E-state index contributed by atoms with van der Waals surface area (Å²) in [6, 6.07) is 12.9. The summed E-state index contributed by atoms with van der Waals surface area (Å²) >= 11 is 3.35. The predicted molar refractivity (Wildman–Crippen MR) is 84.9 cm³/mol. The molecule has 0 saturated carbocycles. The van der Waals surface area contributed by atoms with E-state index < -0.39 is 0 Å². The van der Waals surface area contributed by atoms with Gasteiger partial charge in [0.05, 0.1) is 19.8 Å². The summed E-state index contributed by atoms with van der Waals surface area (Å²) in [5, 5.41) is 2.87. The molecule has 5 heteroatoms. The van der Waals surface area contributed by atoms with E-state index >= 15 is 0 Å².